The molecule has 1 atom stereocenters. The summed E-state index contributed by atoms with van der Waals surface area (Å²) in [6.45, 7) is 7.90. The van der Waals surface area contributed by atoms with Gasteiger partial charge in [-0.05, 0) is 19.3 Å². The monoisotopic (exact) mass is 347 g/mol. The summed E-state index contributed by atoms with van der Waals surface area (Å²) >= 11 is 1.49. The van der Waals surface area contributed by atoms with Crippen molar-refractivity contribution < 1.29 is 4.79 Å². The van der Waals surface area contributed by atoms with Gasteiger partial charge in [0.1, 0.15) is 22.6 Å². The average molecular weight is 347 g/mol. The highest BCUT2D eigenvalue weighted by Crippen LogP contribution is 2.34. The van der Waals surface area contributed by atoms with Crippen LogP contribution in [0.1, 0.15) is 38.0 Å². The molecule has 0 saturated heterocycles. The van der Waals surface area contributed by atoms with E-state index in [1.807, 2.05) is 20.8 Å². The lowest BCUT2D eigenvalue weighted by atomic mass is 10.0. The summed E-state index contributed by atoms with van der Waals surface area (Å²) in [6.07, 6.45) is 1.92. The van der Waals surface area contributed by atoms with Crippen LogP contribution in [0.5, 0.6) is 0 Å². The number of carbonyl (C=O) groups excluding carboxylic acids is 1. The van der Waals surface area contributed by atoms with Crippen LogP contribution in [0, 0.1) is 12.8 Å². The molecule has 24 heavy (non-hydrogen) atoms. The first-order chi connectivity index (χ1) is 11.5. The largest absolute Gasteiger partial charge is 0.356 e. The summed E-state index contributed by atoms with van der Waals surface area (Å²) in [5, 5.41) is 19.2. The highest BCUT2D eigenvalue weighted by atomic mass is 32.1. The van der Waals surface area contributed by atoms with Crippen molar-refractivity contribution in [3.63, 3.8) is 0 Å². The second-order valence-electron chi connectivity index (χ2n) is 6.07. The first-order valence-electron chi connectivity index (χ1n) is 8.03. The molecule has 3 heterocycles. The molecule has 0 fully saturated rings. The molecule has 0 aliphatic carbocycles. The molecule has 0 spiro atoms. The predicted octanol–water partition coefficient (Wildman–Crippen LogP) is 2.72. The van der Waals surface area contributed by atoms with Crippen molar-refractivity contribution in [2.24, 2.45) is 5.92 Å². The number of rotatable bonds is 5. The Kier molecular flexibility index (Phi) is 4.61. The summed E-state index contributed by atoms with van der Waals surface area (Å²) < 4.78 is 0. The van der Waals surface area contributed by atoms with Gasteiger partial charge in [0.05, 0.1) is 0 Å². The van der Waals surface area contributed by atoms with E-state index < -0.39 is 0 Å². The molecule has 1 aliphatic heterocycles. The van der Waals surface area contributed by atoms with Gasteiger partial charge in [0, 0.05) is 6.42 Å². The first kappa shape index (κ1) is 16.6. The number of hydrogen-bond acceptors (Lipinski definition) is 8. The molecule has 3 N–H and O–H groups in total. The first-order valence-corrected chi connectivity index (χ1v) is 8.85. The van der Waals surface area contributed by atoms with Gasteiger partial charge in [-0.2, -0.15) is 0 Å². The highest BCUT2D eigenvalue weighted by Gasteiger charge is 2.31. The smallest absolute Gasteiger partial charge is 0.247 e. The Hall–Kier alpha value is -2.29. The SMILES string of the molecule is CCCc1nnc(Nc2nc(C)nc3c2NC(=O)C(C(C)C)N3)s1. The molecular formula is C15H21N7OS. The zero-order valence-electron chi connectivity index (χ0n) is 14.2. The number of hydrogen-bond donors (Lipinski definition) is 3. The van der Waals surface area contributed by atoms with Gasteiger partial charge < -0.3 is 16.0 Å². The Morgan fingerprint density at radius 2 is 2.08 bits per heavy atom. The number of nitrogens with zero attached hydrogens (tertiary/aromatic N) is 4. The Bertz CT molecular complexity index is 758. The number of amides is 1. The lowest BCUT2D eigenvalue weighted by molar-refractivity contribution is -0.117. The second kappa shape index (κ2) is 6.68. The van der Waals surface area contributed by atoms with Gasteiger partial charge in [-0.25, -0.2) is 9.97 Å². The molecular weight excluding hydrogens is 326 g/mol. The maximum absolute atomic E-state index is 12.3. The molecule has 1 aliphatic rings. The molecule has 128 valence electrons. The fraction of sp³-hybridized carbons (Fsp3) is 0.533. The number of carbonyl (C=O) groups is 1. The van der Waals surface area contributed by atoms with Crippen molar-refractivity contribution in [3.8, 4) is 0 Å². The minimum Gasteiger partial charge on any atom is -0.356 e. The van der Waals surface area contributed by atoms with Crippen LogP contribution in [0.2, 0.25) is 0 Å². The third kappa shape index (κ3) is 3.30. The van der Waals surface area contributed by atoms with E-state index in [1.165, 1.54) is 11.3 Å². The van der Waals surface area contributed by atoms with Crippen molar-refractivity contribution in [1.29, 1.82) is 0 Å². The lowest BCUT2D eigenvalue weighted by Crippen LogP contribution is -2.43. The number of anilines is 4. The van der Waals surface area contributed by atoms with E-state index in [2.05, 4.69) is 43.0 Å². The molecule has 3 rings (SSSR count). The molecule has 2 aromatic rings. The summed E-state index contributed by atoms with van der Waals surface area (Å²) in [5.41, 5.74) is 0.551. The summed E-state index contributed by atoms with van der Waals surface area (Å²) in [6, 6.07) is -0.308. The van der Waals surface area contributed by atoms with Crippen LogP contribution in [0.25, 0.3) is 0 Å². The molecule has 9 heteroatoms. The topological polar surface area (TPSA) is 105 Å². The fourth-order valence-electron chi connectivity index (χ4n) is 2.49. The Morgan fingerprint density at radius 3 is 2.79 bits per heavy atom. The van der Waals surface area contributed by atoms with Gasteiger partial charge in [0.15, 0.2) is 11.6 Å². The van der Waals surface area contributed by atoms with Crippen LogP contribution >= 0.6 is 11.3 Å². The predicted molar refractivity (Wildman–Crippen MR) is 94.8 cm³/mol. The van der Waals surface area contributed by atoms with Gasteiger partial charge in [0.2, 0.25) is 11.0 Å². The number of aryl methyl sites for hydroxylation is 2. The van der Waals surface area contributed by atoms with E-state index in [4.69, 9.17) is 0 Å². The quantitative estimate of drug-likeness (QED) is 0.764. The molecule has 8 nitrogen and oxygen atoms in total. The Balaban J connectivity index is 1.90. The Morgan fingerprint density at radius 1 is 1.29 bits per heavy atom. The molecule has 0 radical (unpaired) electrons. The van der Waals surface area contributed by atoms with Gasteiger partial charge >= 0.3 is 0 Å². The van der Waals surface area contributed by atoms with E-state index in [9.17, 15) is 4.79 Å². The van der Waals surface area contributed by atoms with Crippen LogP contribution < -0.4 is 16.0 Å². The number of nitrogens with one attached hydrogen (secondary N) is 3. The van der Waals surface area contributed by atoms with E-state index >= 15 is 0 Å². The van der Waals surface area contributed by atoms with Crippen molar-refractivity contribution in [2.45, 2.75) is 46.6 Å². The summed E-state index contributed by atoms with van der Waals surface area (Å²) in [7, 11) is 0. The third-order valence-corrected chi connectivity index (χ3v) is 4.56. The zero-order chi connectivity index (χ0) is 17.3. The van der Waals surface area contributed by atoms with E-state index in [-0.39, 0.29) is 17.9 Å². The summed E-state index contributed by atoms with van der Waals surface area (Å²) in [4.78, 5) is 21.1. The van der Waals surface area contributed by atoms with E-state index in [0.29, 0.717) is 28.3 Å². The van der Waals surface area contributed by atoms with Gasteiger partial charge in [0.25, 0.3) is 0 Å². The van der Waals surface area contributed by atoms with Crippen LogP contribution in [-0.4, -0.2) is 32.1 Å². The normalized spacial score (nSPS) is 16.5. The number of fused-ring (bicyclic) bond motifs is 1. The van der Waals surface area contributed by atoms with Crippen molar-refractivity contribution in [3.05, 3.63) is 10.8 Å². The van der Waals surface area contributed by atoms with E-state index in [1.54, 1.807) is 0 Å². The van der Waals surface area contributed by atoms with Crippen molar-refractivity contribution >= 4 is 39.7 Å². The standard InChI is InChI=1S/C15H21N7OS/c1-5-6-9-21-22-15(24-9)20-13-11-12(16-8(4)17-13)18-10(7(2)3)14(23)19-11/h7,10H,5-6H2,1-4H3,(H,19,23)(H2,16,17,18,20,22). The molecule has 1 amide bonds. The molecule has 0 bridgehead atoms. The molecule has 0 saturated carbocycles. The maximum Gasteiger partial charge on any atom is 0.247 e. The second-order valence-corrected chi connectivity index (χ2v) is 7.14. The van der Waals surface area contributed by atoms with Crippen molar-refractivity contribution in [1.82, 2.24) is 20.2 Å². The fourth-order valence-corrected chi connectivity index (χ4v) is 3.33. The average Bonchev–Trinajstić information content (AvgIpc) is 2.95. The van der Waals surface area contributed by atoms with Crippen LogP contribution in [0.4, 0.5) is 22.5 Å². The zero-order valence-corrected chi connectivity index (χ0v) is 15.0. The summed E-state index contributed by atoms with van der Waals surface area (Å²) in [5.74, 6) is 1.84. The molecule has 0 aromatic carbocycles. The molecule has 1 unspecified atom stereocenters. The van der Waals surface area contributed by atoms with E-state index in [0.717, 1.165) is 17.8 Å². The van der Waals surface area contributed by atoms with Gasteiger partial charge in [-0.3, -0.25) is 4.79 Å². The maximum atomic E-state index is 12.3. The molecule has 2 aromatic heterocycles. The van der Waals surface area contributed by atoms with Gasteiger partial charge in [-0.15, -0.1) is 10.2 Å². The van der Waals surface area contributed by atoms with Crippen LogP contribution in [0.3, 0.4) is 0 Å². The lowest BCUT2D eigenvalue weighted by Gasteiger charge is -2.29. The minimum absolute atomic E-state index is 0.0862. The van der Waals surface area contributed by atoms with Crippen molar-refractivity contribution in [2.75, 3.05) is 16.0 Å². The van der Waals surface area contributed by atoms with Crippen LogP contribution in [-0.2, 0) is 11.2 Å². The minimum atomic E-state index is -0.308. The van der Waals surface area contributed by atoms with Gasteiger partial charge in [-0.1, -0.05) is 32.1 Å². The Labute approximate surface area is 144 Å². The van der Waals surface area contributed by atoms with Crippen LogP contribution in [0.15, 0.2) is 0 Å². The third-order valence-electron chi connectivity index (χ3n) is 3.67. The highest BCUT2D eigenvalue weighted by molar-refractivity contribution is 7.15. The number of aromatic nitrogens is 4.